The molecule has 3 N–H and O–H groups in total. The summed E-state index contributed by atoms with van der Waals surface area (Å²) in [7, 11) is 0. The number of halogens is 1. The van der Waals surface area contributed by atoms with Crippen molar-refractivity contribution in [2.75, 3.05) is 11.9 Å². The molecular weight excluding hydrogens is 282 g/mol. The number of hydrogen-bond acceptors (Lipinski definition) is 3. The molecule has 5 heteroatoms. The van der Waals surface area contributed by atoms with Crippen molar-refractivity contribution >= 4 is 27.7 Å². The molecule has 1 heterocycles. The lowest BCUT2D eigenvalue weighted by molar-refractivity contribution is -0.119. The highest BCUT2D eigenvalue weighted by Gasteiger charge is 2.37. The van der Waals surface area contributed by atoms with Gasteiger partial charge in [0.1, 0.15) is 5.82 Å². The fourth-order valence-electron chi connectivity index (χ4n) is 2.11. The van der Waals surface area contributed by atoms with Crippen LogP contribution < -0.4 is 11.1 Å². The molecule has 0 spiro atoms. The second-order valence-electron chi connectivity index (χ2n) is 4.64. The van der Waals surface area contributed by atoms with Crippen molar-refractivity contribution < 1.29 is 4.79 Å². The van der Waals surface area contributed by atoms with Gasteiger partial charge in [0, 0.05) is 17.1 Å². The largest absolute Gasteiger partial charge is 0.330 e. The fourth-order valence-corrected chi connectivity index (χ4v) is 2.34. The average Bonchev–Trinajstić information content (AvgIpc) is 2.27. The molecule has 2 rings (SSSR count). The van der Waals surface area contributed by atoms with E-state index in [0.29, 0.717) is 18.8 Å². The fraction of sp³-hybridized carbons (Fsp3) is 0.500. The summed E-state index contributed by atoms with van der Waals surface area (Å²) in [5, 5.41) is 2.80. The summed E-state index contributed by atoms with van der Waals surface area (Å²) in [4.78, 5) is 16.0. The Labute approximate surface area is 109 Å². The summed E-state index contributed by atoms with van der Waals surface area (Å²) in [5.41, 5.74) is 5.77. The van der Waals surface area contributed by atoms with Crippen LogP contribution in [0.3, 0.4) is 0 Å². The number of amides is 1. The molecule has 1 aromatic rings. The highest BCUT2D eigenvalue weighted by atomic mass is 79.9. The van der Waals surface area contributed by atoms with Crippen LogP contribution in [0.25, 0.3) is 0 Å². The van der Waals surface area contributed by atoms with E-state index in [1.165, 1.54) is 6.42 Å². The Morgan fingerprint density at radius 2 is 2.29 bits per heavy atom. The lowest BCUT2D eigenvalue weighted by atomic mass is 9.66. The van der Waals surface area contributed by atoms with Gasteiger partial charge in [0.25, 0.3) is 0 Å². The van der Waals surface area contributed by atoms with Gasteiger partial charge < -0.3 is 11.1 Å². The summed E-state index contributed by atoms with van der Waals surface area (Å²) < 4.78 is 0.896. The van der Waals surface area contributed by atoms with E-state index in [9.17, 15) is 4.79 Å². The molecule has 0 saturated heterocycles. The van der Waals surface area contributed by atoms with Crippen LogP contribution in [-0.2, 0) is 4.79 Å². The lowest BCUT2D eigenvalue weighted by Crippen LogP contribution is -2.40. The molecule has 1 aliphatic rings. The van der Waals surface area contributed by atoms with Gasteiger partial charge in [0.2, 0.25) is 5.91 Å². The first-order valence-corrected chi connectivity index (χ1v) is 6.54. The third kappa shape index (κ3) is 3.04. The van der Waals surface area contributed by atoms with E-state index in [1.54, 1.807) is 12.3 Å². The molecule has 0 unspecified atom stereocenters. The first kappa shape index (κ1) is 12.5. The summed E-state index contributed by atoms with van der Waals surface area (Å²) in [6.07, 6.45) is 5.47. The van der Waals surface area contributed by atoms with Crippen LogP contribution in [0.1, 0.15) is 25.7 Å². The Morgan fingerprint density at radius 3 is 2.76 bits per heavy atom. The Morgan fingerprint density at radius 1 is 1.53 bits per heavy atom. The highest BCUT2D eigenvalue weighted by molar-refractivity contribution is 9.10. The van der Waals surface area contributed by atoms with Crippen molar-refractivity contribution in [1.82, 2.24) is 4.98 Å². The van der Waals surface area contributed by atoms with E-state index in [4.69, 9.17) is 5.73 Å². The van der Waals surface area contributed by atoms with Crippen molar-refractivity contribution in [3.8, 4) is 0 Å². The maximum Gasteiger partial charge on any atom is 0.226 e. The number of nitrogens with one attached hydrogen (secondary N) is 1. The van der Waals surface area contributed by atoms with Crippen LogP contribution in [0, 0.1) is 5.41 Å². The zero-order valence-corrected chi connectivity index (χ0v) is 11.2. The van der Waals surface area contributed by atoms with E-state index in [-0.39, 0.29) is 11.3 Å². The van der Waals surface area contributed by atoms with Gasteiger partial charge in [0.15, 0.2) is 0 Å². The molecule has 0 bridgehead atoms. The zero-order chi connectivity index (χ0) is 12.3. The molecule has 1 saturated carbocycles. The van der Waals surface area contributed by atoms with Gasteiger partial charge in [-0.15, -0.1) is 0 Å². The summed E-state index contributed by atoms with van der Waals surface area (Å²) in [5.74, 6) is 0.592. The van der Waals surface area contributed by atoms with Gasteiger partial charge >= 0.3 is 0 Å². The van der Waals surface area contributed by atoms with Gasteiger partial charge in [-0.05, 0) is 52.9 Å². The van der Waals surface area contributed by atoms with Gasteiger partial charge in [-0.3, -0.25) is 4.79 Å². The van der Waals surface area contributed by atoms with Gasteiger partial charge in [-0.1, -0.05) is 6.42 Å². The molecular formula is C12H16BrN3O. The minimum Gasteiger partial charge on any atom is -0.330 e. The molecule has 92 valence electrons. The molecule has 1 amide bonds. The van der Waals surface area contributed by atoms with Crippen molar-refractivity contribution in [2.24, 2.45) is 11.1 Å². The van der Waals surface area contributed by atoms with Crippen LogP contribution in [0.2, 0.25) is 0 Å². The molecule has 0 radical (unpaired) electrons. The number of carbonyl (C=O) groups excluding carboxylic acids is 1. The Hall–Kier alpha value is -0.940. The van der Waals surface area contributed by atoms with Crippen molar-refractivity contribution in [2.45, 2.75) is 25.7 Å². The minimum atomic E-state index is 0.00460. The van der Waals surface area contributed by atoms with Gasteiger partial charge in [-0.25, -0.2) is 4.98 Å². The maximum absolute atomic E-state index is 11.8. The smallest absolute Gasteiger partial charge is 0.226 e. The molecule has 0 aromatic carbocycles. The van der Waals surface area contributed by atoms with E-state index in [2.05, 4.69) is 26.2 Å². The second kappa shape index (κ2) is 5.14. The highest BCUT2D eigenvalue weighted by Crippen LogP contribution is 2.42. The van der Waals surface area contributed by atoms with E-state index in [0.717, 1.165) is 17.3 Å². The van der Waals surface area contributed by atoms with E-state index < -0.39 is 0 Å². The predicted octanol–water partition coefficient (Wildman–Crippen LogP) is 2.30. The first-order chi connectivity index (χ1) is 8.13. The first-order valence-electron chi connectivity index (χ1n) is 5.75. The second-order valence-corrected chi connectivity index (χ2v) is 5.56. The van der Waals surface area contributed by atoms with E-state index in [1.807, 2.05) is 6.07 Å². The van der Waals surface area contributed by atoms with Gasteiger partial charge in [0.05, 0.1) is 0 Å². The Balaban J connectivity index is 1.91. The van der Waals surface area contributed by atoms with E-state index >= 15 is 0 Å². The summed E-state index contributed by atoms with van der Waals surface area (Å²) >= 11 is 3.30. The third-order valence-corrected chi connectivity index (χ3v) is 3.85. The summed E-state index contributed by atoms with van der Waals surface area (Å²) in [6.45, 7) is 0.591. The normalized spacial score (nSPS) is 17.3. The Kier molecular flexibility index (Phi) is 3.79. The number of rotatable bonds is 4. The van der Waals surface area contributed by atoms with Crippen LogP contribution in [-0.4, -0.2) is 17.4 Å². The minimum absolute atomic E-state index is 0.00460. The molecule has 4 nitrogen and oxygen atoms in total. The topological polar surface area (TPSA) is 68.0 Å². The number of nitrogens with two attached hydrogens (primary N) is 1. The molecule has 17 heavy (non-hydrogen) atoms. The number of anilines is 1. The monoisotopic (exact) mass is 297 g/mol. The predicted molar refractivity (Wildman–Crippen MR) is 70.5 cm³/mol. The molecule has 0 aliphatic heterocycles. The van der Waals surface area contributed by atoms with Gasteiger partial charge in [-0.2, -0.15) is 0 Å². The quantitative estimate of drug-likeness (QED) is 0.896. The molecule has 1 aromatic heterocycles. The van der Waals surface area contributed by atoms with Crippen LogP contribution in [0.15, 0.2) is 22.8 Å². The maximum atomic E-state index is 11.8. The Bertz CT molecular complexity index is 395. The number of pyridine rings is 1. The molecule has 1 fully saturated rings. The average molecular weight is 298 g/mol. The van der Waals surface area contributed by atoms with Crippen LogP contribution >= 0.6 is 15.9 Å². The zero-order valence-electron chi connectivity index (χ0n) is 9.58. The number of nitrogens with zero attached hydrogens (tertiary/aromatic N) is 1. The van der Waals surface area contributed by atoms with Crippen molar-refractivity contribution in [1.29, 1.82) is 0 Å². The number of hydrogen-bond donors (Lipinski definition) is 2. The number of carbonyl (C=O) groups is 1. The van der Waals surface area contributed by atoms with Crippen molar-refractivity contribution in [3.63, 3.8) is 0 Å². The summed E-state index contributed by atoms with van der Waals surface area (Å²) in [6, 6.07) is 3.63. The standard InChI is InChI=1S/C12H16BrN3O/c13-9-2-3-10(15-7-9)16-11(17)6-12(8-14)4-1-5-12/h2-3,7H,1,4-6,8,14H2,(H,15,16,17). The molecule has 0 atom stereocenters. The SMILES string of the molecule is NCC1(CC(=O)Nc2ccc(Br)cn2)CCC1. The number of aromatic nitrogens is 1. The van der Waals surface area contributed by atoms with Crippen LogP contribution in [0.5, 0.6) is 0 Å². The lowest BCUT2D eigenvalue weighted by Gasteiger charge is -2.40. The van der Waals surface area contributed by atoms with Crippen molar-refractivity contribution in [3.05, 3.63) is 22.8 Å². The molecule has 1 aliphatic carbocycles. The van der Waals surface area contributed by atoms with Crippen LogP contribution in [0.4, 0.5) is 5.82 Å². The third-order valence-electron chi connectivity index (χ3n) is 3.38.